The van der Waals surface area contributed by atoms with E-state index < -0.39 is 22.5 Å². The molecular weight excluding hydrogens is 550 g/mol. The van der Waals surface area contributed by atoms with Crippen molar-refractivity contribution in [2.24, 2.45) is 0 Å². The number of anilines is 1. The molecule has 0 bridgehead atoms. The van der Waals surface area contributed by atoms with Crippen molar-refractivity contribution in [1.29, 1.82) is 0 Å². The molecule has 11 heteroatoms. The summed E-state index contributed by atoms with van der Waals surface area (Å²) in [5, 5.41) is 3.35. The number of hydrogen-bond acceptors (Lipinski definition) is 3. The molecule has 0 aliphatic carbocycles. The van der Waals surface area contributed by atoms with Gasteiger partial charge in [-0.15, -0.1) is 0 Å². The Hall–Kier alpha value is -1.51. The number of halogens is 5. The predicted molar refractivity (Wildman–Crippen MR) is 135 cm³/mol. The first-order chi connectivity index (χ1) is 15.6. The van der Waals surface area contributed by atoms with E-state index in [4.69, 9.17) is 58.0 Å². The Labute approximate surface area is 217 Å². The van der Waals surface area contributed by atoms with Crippen molar-refractivity contribution in [3.63, 3.8) is 0 Å². The van der Waals surface area contributed by atoms with E-state index in [0.717, 1.165) is 9.87 Å². The topological polar surface area (TPSA) is 66.5 Å². The second-order valence-corrected chi connectivity index (χ2v) is 10.9. The molecule has 0 unspecified atom stereocenters. The van der Waals surface area contributed by atoms with Gasteiger partial charge in [0.15, 0.2) is 0 Å². The first-order valence-electron chi connectivity index (χ1n) is 9.51. The van der Waals surface area contributed by atoms with E-state index in [1.807, 2.05) is 30.3 Å². The van der Waals surface area contributed by atoms with Gasteiger partial charge in [0.25, 0.3) is 0 Å². The SMILES string of the molecule is O=C(CN(CCc1ccccc1)S(=O)(=O)c1cc(Cl)ccc1Cl)Nc1cc(Cl)c(Cl)cc1Cl. The summed E-state index contributed by atoms with van der Waals surface area (Å²) in [4.78, 5) is 12.6. The smallest absolute Gasteiger partial charge is 0.245 e. The Morgan fingerprint density at radius 3 is 2.18 bits per heavy atom. The van der Waals surface area contributed by atoms with Crippen molar-refractivity contribution in [2.75, 3.05) is 18.4 Å². The van der Waals surface area contributed by atoms with Crippen LogP contribution in [0, 0.1) is 0 Å². The first-order valence-corrected chi connectivity index (χ1v) is 12.8. The van der Waals surface area contributed by atoms with Gasteiger partial charge in [-0.1, -0.05) is 88.3 Å². The highest BCUT2D eigenvalue weighted by molar-refractivity contribution is 7.89. The van der Waals surface area contributed by atoms with Gasteiger partial charge >= 0.3 is 0 Å². The number of sulfonamides is 1. The molecule has 0 heterocycles. The summed E-state index contributed by atoms with van der Waals surface area (Å²) < 4.78 is 27.9. The van der Waals surface area contributed by atoms with Crippen molar-refractivity contribution in [3.8, 4) is 0 Å². The quantitative estimate of drug-likeness (QED) is 0.304. The van der Waals surface area contributed by atoms with Crippen LogP contribution in [-0.4, -0.2) is 31.7 Å². The maximum Gasteiger partial charge on any atom is 0.245 e. The van der Waals surface area contributed by atoms with Crippen LogP contribution in [0.5, 0.6) is 0 Å². The van der Waals surface area contributed by atoms with Crippen LogP contribution in [0.3, 0.4) is 0 Å². The van der Waals surface area contributed by atoms with Gasteiger partial charge in [-0.3, -0.25) is 4.79 Å². The Morgan fingerprint density at radius 1 is 0.818 bits per heavy atom. The van der Waals surface area contributed by atoms with E-state index in [-0.39, 0.29) is 42.2 Å². The molecule has 0 aromatic heterocycles. The Morgan fingerprint density at radius 2 is 1.48 bits per heavy atom. The summed E-state index contributed by atoms with van der Waals surface area (Å²) in [5.74, 6) is -0.620. The lowest BCUT2D eigenvalue weighted by molar-refractivity contribution is -0.116. The van der Waals surface area contributed by atoms with Gasteiger partial charge in [0.05, 0.1) is 32.3 Å². The fourth-order valence-electron chi connectivity index (χ4n) is 2.96. The molecule has 1 N–H and O–H groups in total. The molecule has 0 fully saturated rings. The zero-order chi connectivity index (χ0) is 24.2. The number of hydrogen-bond donors (Lipinski definition) is 1. The van der Waals surface area contributed by atoms with E-state index in [1.165, 1.54) is 30.3 Å². The molecule has 0 spiro atoms. The molecule has 0 atom stereocenters. The average Bonchev–Trinajstić information content (AvgIpc) is 2.77. The minimum absolute atomic E-state index is 0.00273. The molecule has 0 saturated carbocycles. The van der Waals surface area contributed by atoms with Crippen molar-refractivity contribution in [3.05, 3.63) is 91.3 Å². The van der Waals surface area contributed by atoms with Gasteiger partial charge in [0, 0.05) is 11.6 Å². The number of carbonyl (C=O) groups excluding carboxylic acids is 1. The summed E-state index contributed by atoms with van der Waals surface area (Å²) in [5.41, 5.74) is 1.11. The molecule has 3 aromatic carbocycles. The molecule has 1 amide bonds. The number of carbonyl (C=O) groups is 1. The van der Waals surface area contributed by atoms with Gasteiger partial charge in [-0.2, -0.15) is 4.31 Å². The van der Waals surface area contributed by atoms with Gasteiger partial charge in [0.2, 0.25) is 15.9 Å². The lowest BCUT2D eigenvalue weighted by Crippen LogP contribution is -2.39. The molecule has 0 radical (unpaired) electrons. The Kier molecular flexibility index (Phi) is 8.92. The number of amides is 1. The van der Waals surface area contributed by atoms with E-state index >= 15 is 0 Å². The predicted octanol–water partition coefficient (Wildman–Crippen LogP) is 6.83. The maximum atomic E-state index is 13.4. The summed E-state index contributed by atoms with van der Waals surface area (Å²) in [6, 6.07) is 16.2. The van der Waals surface area contributed by atoms with Crippen LogP contribution in [0.2, 0.25) is 25.1 Å². The third-order valence-electron chi connectivity index (χ3n) is 4.61. The zero-order valence-electron chi connectivity index (χ0n) is 16.9. The first kappa shape index (κ1) is 26.1. The van der Waals surface area contributed by atoms with Gasteiger partial charge < -0.3 is 5.32 Å². The van der Waals surface area contributed by atoms with Crippen molar-refractivity contribution in [2.45, 2.75) is 11.3 Å². The highest BCUT2D eigenvalue weighted by Gasteiger charge is 2.29. The van der Waals surface area contributed by atoms with Crippen LogP contribution in [0.15, 0.2) is 65.6 Å². The van der Waals surface area contributed by atoms with E-state index in [1.54, 1.807) is 0 Å². The number of nitrogens with zero attached hydrogens (tertiary/aromatic N) is 1. The molecule has 33 heavy (non-hydrogen) atoms. The maximum absolute atomic E-state index is 13.4. The third-order valence-corrected chi connectivity index (χ3v) is 8.20. The van der Waals surface area contributed by atoms with Crippen molar-refractivity contribution in [1.82, 2.24) is 4.31 Å². The lowest BCUT2D eigenvalue weighted by Gasteiger charge is -2.23. The highest BCUT2D eigenvalue weighted by atomic mass is 35.5. The van der Waals surface area contributed by atoms with Crippen LogP contribution < -0.4 is 5.32 Å². The summed E-state index contributed by atoms with van der Waals surface area (Å²) in [6.07, 6.45) is 0.374. The second-order valence-electron chi connectivity index (χ2n) is 6.94. The van der Waals surface area contributed by atoms with Crippen LogP contribution >= 0.6 is 58.0 Å². The highest BCUT2D eigenvalue weighted by Crippen LogP contribution is 2.32. The normalized spacial score (nSPS) is 11.6. The van der Waals surface area contributed by atoms with Crippen LogP contribution in [0.1, 0.15) is 5.56 Å². The minimum atomic E-state index is -4.16. The van der Waals surface area contributed by atoms with Gasteiger partial charge in [0.1, 0.15) is 4.90 Å². The minimum Gasteiger partial charge on any atom is -0.324 e. The van der Waals surface area contributed by atoms with E-state index in [9.17, 15) is 13.2 Å². The number of benzene rings is 3. The molecule has 3 rings (SSSR count). The fourth-order valence-corrected chi connectivity index (χ4v) is 5.69. The van der Waals surface area contributed by atoms with Crippen molar-refractivity contribution >= 4 is 79.6 Å². The average molecular weight is 567 g/mol. The van der Waals surface area contributed by atoms with E-state index in [2.05, 4.69) is 5.32 Å². The summed E-state index contributed by atoms with van der Waals surface area (Å²) >= 11 is 30.2. The number of nitrogens with one attached hydrogen (secondary N) is 1. The fraction of sp³-hybridized carbons (Fsp3) is 0.136. The van der Waals surface area contributed by atoms with E-state index in [0.29, 0.717) is 6.42 Å². The molecule has 0 saturated heterocycles. The monoisotopic (exact) mass is 564 g/mol. The summed E-state index contributed by atoms with van der Waals surface area (Å²) in [6.45, 7) is -0.466. The van der Waals surface area contributed by atoms with Crippen LogP contribution in [-0.2, 0) is 21.2 Å². The zero-order valence-corrected chi connectivity index (χ0v) is 21.5. The lowest BCUT2D eigenvalue weighted by atomic mass is 10.1. The third kappa shape index (κ3) is 6.76. The molecular formula is C22H17Cl5N2O3S. The molecule has 174 valence electrons. The van der Waals surface area contributed by atoms with Gasteiger partial charge in [-0.25, -0.2) is 8.42 Å². The standard InChI is InChI=1S/C22H17Cl5N2O3S/c23-15-6-7-16(24)21(10-15)33(31,32)29(9-8-14-4-2-1-3-5-14)13-22(30)28-20-12-18(26)17(25)11-19(20)27/h1-7,10-12H,8-9,13H2,(H,28,30). The Bertz CT molecular complexity index is 1270. The number of rotatable bonds is 8. The second kappa shape index (κ2) is 11.3. The van der Waals surface area contributed by atoms with Crippen LogP contribution in [0.25, 0.3) is 0 Å². The molecule has 3 aromatic rings. The van der Waals surface area contributed by atoms with Crippen LogP contribution in [0.4, 0.5) is 5.69 Å². The molecule has 0 aliphatic heterocycles. The molecule has 0 aliphatic rings. The van der Waals surface area contributed by atoms with Gasteiger partial charge in [-0.05, 0) is 42.3 Å². The summed E-state index contributed by atoms with van der Waals surface area (Å²) in [7, 11) is -4.16. The Balaban J connectivity index is 1.89. The molecule has 5 nitrogen and oxygen atoms in total. The largest absolute Gasteiger partial charge is 0.324 e. The van der Waals surface area contributed by atoms with Crippen molar-refractivity contribution < 1.29 is 13.2 Å².